The highest BCUT2D eigenvalue weighted by Gasteiger charge is 2.21. The summed E-state index contributed by atoms with van der Waals surface area (Å²) in [6.45, 7) is 5.37. The van der Waals surface area contributed by atoms with E-state index in [2.05, 4.69) is 21.5 Å². The Bertz CT molecular complexity index is 1310. The number of carbonyl (C=O) groups is 2. The summed E-state index contributed by atoms with van der Waals surface area (Å²) < 4.78 is 27.8. The molecule has 0 spiro atoms. The molecule has 0 bridgehead atoms. The number of fused-ring (bicyclic) bond motifs is 1. The van der Waals surface area contributed by atoms with E-state index in [9.17, 15) is 18.0 Å². The number of nitrogens with zero attached hydrogens (tertiary/aromatic N) is 1. The number of thiophene rings is 1. The van der Waals surface area contributed by atoms with Gasteiger partial charge in [-0.2, -0.15) is 0 Å². The molecule has 9 heteroatoms. The Labute approximate surface area is 203 Å². The number of rotatable bonds is 7. The van der Waals surface area contributed by atoms with Gasteiger partial charge >= 0.3 is 0 Å². The Morgan fingerprint density at radius 2 is 1.79 bits per heavy atom. The molecule has 1 aliphatic heterocycles. The molecule has 0 atom stereocenters. The van der Waals surface area contributed by atoms with Crippen molar-refractivity contribution in [3.05, 3.63) is 81.0 Å². The van der Waals surface area contributed by atoms with Crippen LogP contribution in [0.25, 0.3) is 0 Å². The van der Waals surface area contributed by atoms with Gasteiger partial charge in [0, 0.05) is 42.2 Å². The first-order chi connectivity index (χ1) is 16.2. The number of hydrogen-bond donors (Lipinski definition) is 2. The summed E-state index contributed by atoms with van der Waals surface area (Å²) in [6.07, 6.45) is 1.11. The lowest BCUT2D eigenvalue weighted by molar-refractivity contribution is -0.131. The monoisotopic (exact) mass is 497 g/mol. The highest BCUT2D eigenvalue weighted by Crippen LogP contribution is 2.24. The van der Waals surface area contributed by atoms with E-state index in [0.29, 0.717) is 24.3 Å². The van der Waals surface area contributed by atoms with E-state index in [1.807, 2.05) is 18.7 Å². The molecule has 0 fully saturated rings. The summed E-state index contributed by atoms with van der Waals surface area (Å²) in [5.74, 6) is -0.289. The van der Waals surface area contributed by atoms with Gasteiger partial charge in [0.15, 0.2) is 0 Å². The Morgan fingerprint density at radius 1 is 1.03 bits per heavy atom. The second kappa shape index (κ2) is 9.99. The van der Waals surface area contributed by atoms with Crippen molar-refractivity contribution in [3.63, 3.8) is 0 Å². The lowest BCUT2D eigenvalue weighted by Crippen LogP contribution is -2.37. The molecule has 2 N–H and O–H groups in total. The molecule has 1 aliphatic rings. The van der Waals surface area contributed by atoms with E-state index in [1.54, 1.807) is 53.8 Å². The molecule has 2 aromatic carbocycles. The first-order valence-electron chi connectivity index (χ1n) is 11.0. The van der Waals surface area contributed by atoms with Gasteiger partial charge in [0.25, 0.3) is 15.9 Å². The van der Waals surface area contributed by atoms with Crippen LogP contribution in [0.1, 0.15) is 38.3 Å². The molecular formula is C25H27N3O4S2. The molecule has 7 nitrogen and oxygen atoms in total. The Morgan fingerprint density at radius 3 is 2.53 bits per heavy atom. The molecule has 34 heavy (non-hydrogen) atoms. The average molecular weight is 498 g/mol. The Hall–Kier alpha value is -3.17. The first kappa shape index (κ1) is 24.0. The molecule has 1 aromatic heterocycles. The number of carbonyl (C=O) groups excluding carboxylic acids is 2. The van der Waals surface area contributed by atoms with Gasteiger partial charge in [-0.15, -0.1) is 11.3 Å². The molecule has 0 radical (unpaired) electrons. The number of aryl methyl sites for hydroxylation is 2. The molecule has 2 heterocycles. The maximum atomic E-state index is 12.6. The van der Waals surface area contributed by atoms with Crippen molar-refractivity contribution >= 4 is 38.9 Å². The summed E-state index contributed by atoms with van der Waals surface area (Å²) in [5.41, 5.74) is 3.88. The standard InChI is InChI=1S/C25H27N3O4S2/c1-17-3-8-22(15-18(17)2)34(31,32)27-21-6-4-19(5-7-21)25(30)26-12-9-24(29)28-13-10-23-20(16-28)11-14-33-23/h3-8,11,14-15,27H,9-10,12-13,16H2,1-2H3,(H,26,30). The van der Waals surface area contributed by atoms with E-state index in [4.69, 9.17) is 0 Å². The zero-order valence-electron chi connectivity index (χ0n) is 19.1. The van der Waals surface area contributed by atoms with E-state index in [1.165, 1.54) is 10.4 Å². The number of nitrogens with one attached hydrogen (secondary N) is 2. The Balaban J connectivity index is 1.28. The van der Waals surface area contributed by atoms with Crippen molar-refractivity contribution in [2.45, 2.75) is 38.1 Å². The molecular weight excluding hydrogens is 470 g/mol. The van der Waals surface area contributed by atoms with Gasteiger partial charge in [-0.3, -0.25) is 14.3 Å². The fraction of sp³-hybridized carbons (Fsp3) is 0.280. The minimum absolute atomic E-state index is 0.0215. The van der Waals surface area contributed by atoms with Crippen molar-refractivity contribution in [1.82, 2.24) is 10.2 Å². The SMILES string of the molecule is Cc1ccc(S(=O)(=O)Nc2ccc(C(=O)NCCC(=O)N3CCc4sccc4C3)cc2)cc1C. The smallest absolute Gasteiger partial charge is 0.261 e. The molecule has 3 aromatic rings. The first-order valence-corrected chi connectivity index (χ1v) is 13.4. The number of sulfonamides is 1. The summed E-state index contributed by atoms with van der Waals surface area (Å²) in [5, 5.41) is 4.82. The van der Waals surface area contributed by atoms with Gasteiger partial charge < -0.3 is 10.2 Å². The fourth-order valence-electron chi connectivity index (χ4n) is 3.79. The number of benzene rings is 2. The van der Waals surface area contributed by atoms with Crippen LogP contribution in [0.15, 0.2) is 58.8 Å². The van der Waals surface area contributed by atoms with Crippen molar-refractivity contribution in [2.75, 3.05) is 17.8 Å². The minimum Gasteiger partial charge on any atom is -0.352 e. The molecule has 0 saturated carbocycles. The van der Waals surface area contributed by atoms with Crippen molar-refractivity contribution in [3.8, 4) is 0 Å². The van der Waals surface area contributed by atoms with Crippen LogP contribution < -0.4 is 10.0 Å². The third-order valence-electron chi connectivity index (χ3n) is 5.97. The van der Waals surface area contributed by atoms with Crippen molar-refractivity contribution < 1.29 is 18.0 Å². The van der Waals surface area contributed by atoms with Crippen LogP contribution in [-0.4, -0.2) is 38.2 Å². The second-order valence-electron chi connectivity index (χ2n) is 8.37. The van der Waals surface area contributed by atoms with Crippen molar-refractivity contribution in [1.29, 1.82) is 0 Å². The van der Waals surface area contributed by atoms with E-state index in [0.717, 1.165) is 17.5 Å². The Kier molecular flexibility index (Phi) is 7.04. The van der Waals surface area contributed by atoms with Crippen molar-refractivity contribution in [2.24, 2.45) is 0 Å². The van der Waals surface area contributed by atoms with Gasteiger partial charge in [-0.05, 0) is 84.8 Å². The van der Waals surface area contributed by atoms with Crippen LogP contribution in [0.5, 0.6) is 0 Å². The zero-order valence-corrected chi connectivity index (χ0v) is 20.8. The molecule has 0 aliphatic carbocycles. The maximum Gasteiger partial charge on any atom is 0.261 e. The molecule has 2 amide bonds. The predicted molar refractivity (Wildman–Crippen MR) is 134 cm³/mol. The third-order valence-corrected chi connectivity index (χ3v) is 8.37. The highest BCUT2D eigenvalue weighted by molar-refractivity contribution is 7.92. The summed E-state index contributed by atoms with van der Waals surface area (Å²) in [7, 11) is -3.73. The summed E-state index contributed by atoms with van der Waals surface area (Å²) in [4.78, 5) is 28.3. The fourth-order valence-corrected chi connectivity index (χ4v) is 5.82. The second-order valence-corrected chi connectivity index (χ2v) is 11.1. The van der Waals surface area contributed by atoms with Gasteiger partial charge in [0.1, 0.15) is 0 Å². The number of hydrogen-bond acceptors (Lipinski definition) is 5. The predicted octanol–water partition coefficient (Wildman–Crippen LogP) is 3.87. The van der Waals surface area contributed by atoms with Gasteiger partial charge in [-0.25, -0.2) is 8.42 Å². The van der Waals surface area contributed by atoms with Gasteiger partial charge in [0.05, 0.1) is 4.90 Å². The van der Waals surface area contributed by atoms with E-state index < -0.39 is 10.0 Å². The topological polar surface area (TPSA) is 95.6 Å². The lowest BCUT2D eigenvalue weighted by Gasteiger charge is -2.27. The maximum absolute atomic E-state index is 12.6. The highest BCUT2D eigenvalue weighted by atomic mass is 32.2. The average Bonchev–Trinajstić information content (AvgIpc) is 3.29. The van der Waals surface area contributed by atoms with Crippen LogP contribution in [0, 0.1) is 13.8 Å². The van der Waals surface area contributed by atoms with E-state index in [-0.39, 0.29) is 29.7 Å². The van der Waals surface area contributed by atoms with Crippen LogP contribution in [0.4, 0.5) is 5.69 Å². The zero-order chi connectivity index (χ0) is 24.3. The normalized spacial score (nSPS) is 13.3. The summed E-state index contributed by atoms with van der Waals surface area (Å²) in [6, 6.07) is 13.2. The quantitative estimate of drug-likeness (QED) is 0.518. The van der Waals surface area contributed by atoms with Crippen LogP contribution in [0.2, 0.25) is 0 Å². The molecule has 4 rings (SSSR count). The molecule has 0 saturated heterocycles. The largest absolute Gasteiger partial charge is 0.352 e. The van der Waals surface area contributed by atoms with Gasteiger partial charge in [-0.1, -0.05) is 6.07 Å². The summed E-state index contributed by atoms with van der Waals surface area (Å²) >= 11 is 1.73. The van der Waals surface area contributed by atoms with Crippen LogP contribution in [-0.2, 0) is 27.8 Å². The van der Waals surface area contributed by atoms with E-state index >= 15 is 0 Å². The third kappa shape index (κ3) is 5.48. The van der Waals surface area contributed by atoms with Crippen LogP contribution >= 0.6 is 11.3 Å². The van der Waals surface area contributed by atoms with Crippen LogP contribution in [0.3, 0.4) is 0 Å². The minimum atomic E-state index is -3.73. The molecule has 178 valence electrons. The molecule has 0 unspecified atom stereocenters. The van der Waals surface area contributed by atoms with Gasteiger partial charge in [0.2, 0.25) is 5.91 Å². The lowest BCUT2D eigenvalue weighted by atomic mass is 10.1. The number of anilines is 1. The number of amides is 2.